The average Bonchev–Trinajstić information content (AvgIpc) is 2.83. The molecule has 18 heavy (non-hydrogen) atoms. The minimum atomic E-state index is -3.80. The van der Waals surface area contributed by atoms with Crippen molar-refractivity contribution in [1.82, 2.24) is 19.7 Å². The lowest BCUT2D eigenvalue weighted by Gasteiger charge is -2.10. The maximum absolute atomic E-state index is 13.0. The van der Waals surface area contributed by atoms with Crippen LogP contribution in [0.25, 0.3) is 5.82 Å². The van der Waals surface area contributed by atoms with Crippen molar-refractivity contribution in [3.63, 3.8) is 0 Å². The number of rotatable bonds is 4. The zero-order chi connectivity index (χ0) is 13.2. The van der Waals surface area contributed by atoms with Gasteiger partial charge in [-0.15, -0.1) is 0 Å². The average molecular weight is 254 g/mol. The fraction of sp³-hybridized carbons (Fsp3) is 0.200. The number of hydrogen-bond donors (Lipinski definition) is 1. The van der Waals surface area contributed by atoms with Crippen LogP contribution in [-0.2, 0) is 11.2 Å². The van der Waals surface area contributed by atoms with Crippen LogP contribution in [0.5, 0.6) is 0 Å². The molecule has 2 aromatic heterocycles. The van der Waals surface area contributed by atoms with Gasteiger partial charge in [0.1, 0.15) is 12.7 Å². The molecule has 0 aromatic carbocycles. The molecule has 2 rings (SSSR count). The van der Waals surface area contributed by atoms with Gasteiger partial charge in [-0.2, -0.15) is 13.9 Å². The minimum Gasteiger partial charge on any atom is -0.477 e. The van der Waals surface area contributed by atoms with E-state index < -0.39 is 18.3 Å². The van der Waals surface area contributed by atoms with E-state index in [1.165, 1.54) is 35.7 Å². The fourth-order valence-corrected chi connectivity index (χ4v) is 1.32. The Morgan fingerprint density at radius 3 is 2.72 bits per heavy atom. The minimum absolute atomic E-state index is 0.131. The van der Waals surface area contributed by atoms with Crippen molar-refractivity contribution < 1.29 is 18.7 Å². The maximum atomic E-state index is 13.0. The number of pyridine rings is 1. The summed E-state index contributed by atoms with van der Waals surface area (Å²) in [4.78, 5) is 17.9. The predicted molar refractivity (Wildman–Crippen MR) is 55.4 cm³/mol. The van der Waals surface area contributed by atoms with Crippen molar-refractivity contribution in [2.75, 3.05) is 0 Å². The van der Waals surface area contributed by atoms with Gasteiger partial charge in [-0.3, -0.25) is 0 Å². The molecule has 0 unspecified atom stereocenters. The molecule has 0 spiro atoms. The highest BCUT2D eigenvalue weighted by atomic mass is 19.3. The smallest absolute Gasteiger partial charge is 0.374 e. The first-order valence-electron chi connectivity index (χ1n) is 4.90. The molecule has 0 aliphatic rings. The van der Waals surface area contributed by atoms with Gasteiger partial charge in [-0.05, 0) is 11.6 Å². The van der Waals surface area contributed by atoms with Crippen LogP contribution < -0.4 is 0 Å². The normalized spacial score (nSPS) is 11.4. The molecule has 8 heteroatoms. The van der Waals surface area contributed by atoms with E-state index in [4.69, 9.17) is 5.11 Å². The summed E-state index contributed by atoms with van der Waals surface area (Å²) in [5, 5.41) is 12.1. The summed E-state index contributed by atoms with van der Waals surface area (Å²) < 4.78 is 27.3. The second-order valence-electron chi connectivity index (χ2n) is 3.55. The zero-order valence-electron chi connectivity index (χ0n) is 8.99. The molecular weight excluding hydrogens is 246 g/mol. The van der Waals surface area contributed by atoms with Crippen molar-refractivity contribution >= 4 is 5.97 Å². The lowest BCUT2D eigenvalue weighted by atomic mass is 10.1. The highest BCUT2D eigenvalue weighted by Crippen LogP contribution is 2.20. The highest BCUT2D eigenvalue weighted by molar-refractivity contribution is 5.75. The number of alkyl halides is 2. The Balaban J connectivity index is 2.16. The zero-order valence-corrected chi connectivity index (χ0v) is 8.99. The Morgan fingerprint density at radius 1 is 1.44 bits per heavy atom. The lowest BCUT2D eigenvalue weighted by molar-refractivity contribution is -0.164. The highest BCUT2D eigenvalue weighted by Gasteiger charge is 2.38. The standard InChI is InChI=1S/C10H8F2N4O2/c11-10(12,9(17)18)3-7-1-2-8(14-4-7)16-6-13-5-15-16/h1-2,4-6H,3H2,(H,17,18). The number of hydrogen-bond acceptors (Lipinski definition) is 4. The second-order valence-corrected chi connectivity index (χ2v) is 3.55. The molecule has 94 valence electrons. The molecule has 0 atom stereocenters. The van der Waals surface area contributed by atoms with Gasteiger partial charge < -0.3 is 5.11 Å². The Bertz CT molecular complexity index is 540. The van der Waals surface area contributed by atoms with E-state index >= 15 is 0 Å². The third kappa shape index (κ3) is 2.47. The first-order valence-corrected chi connectivity index (χ1v) is 4.90. The van der Waals surface area contributed by atoms with E-state index in [1.807, 2.05) is 0 Å². The number of carboxylic acid groups (broad SMARTS) is 1. The molecule has 0 fully saturated rings. The van der Waals surface area contributed by atoms with Crippen LogP contribution in [0, 0.1) is 0 Å². The van der Waals surface area contributed by atoms with E-state index in [-0.39, 0.29) is 5.56 Å². The number of nitrogens with zero attached hydrogens (tertiary/aromatic N) is 4. The number of carbonyl (C=O) groups is 1. The van der Waals surface area contributed by atoms with Crippen LogP contribution >= 0.6 is 0 Å². The summed E-state index contributed by atoms with van der Waals surface area (Å²) in [6.45, 7) is 0. The van der Waals surface area contributed by atoms with Crippen molar-refractivity contribution in [3.05, 3.63) is 36.5 Å². The Labute approximate surface area is 99.9 Å². The molecule has 2 aromatic rings. The van der Waals surface area contributed by atoms with E-state index in [9.17, 15) is 13.6 Å². The van der Waals surface area contributed by atoms with Crippen LogP contribution in [0.3, 0.4) is 0 Å². The first-order chi connectivity index (χ1) is 8.49. The van der Waals surface area contributed by atoms with Gasteiger partial charge in [-0.25, -0.2) is 19.4 Å². The molecule has 0 amide bonds. The van der Waals surface area contributed by atoms with Crippen molar-refractivity contribution in [1.29, 1.82) is 0 Å². The Hall–Kier alpha value is -2.38. The van der Waals surface area contributed by atoms with Gasteiger partial charge in [0.15, 0.2) is 5.82 Å². The molecule has 2 heterocycles. The molecule has 0 aliphatic heterocycles. The van der Waals surface area contributed by atoms with Gasteiger partial charge in [0.2, 0.25) is 0 Å². The molecule has 0 radical (unpaired) electrons. The van der Waals surface area contributed by atoms with Gasteiger partial charge in [0.25, 0.3) is 0 Å². The van der Waals surface area contributed by atoms with Crippen molar-refractivity contribution in [3.8, 4) is 5.82 Å². The van der Waals surface area contributed by atoms with Crippen LogP contribution in [0.2, 0.25) is 0 Å². The van der Waals surface area contributed by atoms with E-state index in [1.54, 1.807) is 0 Å². The first kappa shape index (κ1) is 12.1. The van der Waals surface area contributed by atoms with Crippen molar-refractivity contribution in [2.45, 2.75) is 12.3 Å². The van der Waals surface area contributed by atoms with E-state index in [2.05, 4.69) is 15.1 Å². The third-order valence-electron chi connectivity index (χ3n) is 2.20. The molecular formula is C10H8F2N4O2. The summed E-state index contributed by atoms with van der Waals surface area (Å²) in [6.07, 6.45) is 3.02. The summed E-state index contributed by atoms with van der Waals surface area (Å²) in [6, 6.07) is 2.84. The summed E-state index contributed by atoms with van der Waals surface area (Å²) >= 11 is 0. The molecule has 0 aliphatic carbocycles. The van der Waals surface area contributed by atoms with Gasteiger partial charge in [0.05, 0.1) is 0 Å². The van der Waals surface area contributed by atoms with Crippen molar-refractivity contribution in [2.24, 2.45) is 0 Å². The van der Waals surface area contributed by atoms with Gasteiger partial charge >= 0.3 is 11.9 Å². The quantitative estimate of drug-likeness (QED) is 0.877. The second kappa shape index (κ2) is 4.47. The van der Waals surface area contributed by atoms with Crippen LogP contribution in [-0.4, -0.2) is 36.7 Å². The fourth-order valence-electron chi connectivity index (χ4n) is 1.32. The molecule has 0 saturated carbocycles. The lowest BCUT2D eigenvalue weighted by Crippen LogP contribution is -2.30. The maximum Gasteiger partial charge on any atom is 0.374 e. The number of halogens is 2. The van der Waals surface area contributed by atoms with Crippen LogP contribution in [0.1, 0.15) is 5.56 Å². The SMILES string of the molecule is O=C(O)C(F)(F)Cc1ccc(-n2cncn2)nc1. The van der Waals surface area contributed by atoms with E-state index in [0.29, 0.717) is 5.82 Å². The monoisotopic (exact) mass is 254 g/mol. The molecule has 0 bridgehead atoms. The van der Waals surface area contributed by atoms with Crippen LogP contribution in [0.4, 0.5) is 8.78 Å². The molecule has 1 N–H and O–H groups in total. The number of aromatic nitrogens is 4. The largest absolute Gasteiger partial charge is 0.477 e. The number of carboxylic acids is 1. The third-order valence-corrected chi connectivity index (χ3v) is 2.20. The van der Waals surface area contributed by atoms with Gasteiger partial charge in [0, 0.05) is 12.6 Å². The van der Waals surface area contributed by atoms with E-state index in [0.717, 1.165) is 0 Å². The van der Waals surface area contributed by atoms with Gasteiger partial charge in [-0.1, -0.05) is 6.07 Å². The predicted octanol–water partition coefficient (Wildman–Crippen LogP) is 0.925. The Morgan fingerprint density at radius 2 is 2.22 bits per heavy atom. The molecule has 0 saturated heterocycles. The topological polar surface area (TPSA) is 80.9 Å². The molecule has 6 nitrogen and oxygen atoms in total. The summed E-state index contributed by atoms with van der Waals surface area (Å²) in [5.41, 5.74) is 0.131. The summed E-state index contributed by atoms with van der Waals surface area (Å²) in [5.74, 6) is -5.53. The Kier molecular flexibility index (Phi) is 3.00. The van der Waals surface area contributed by atoms with Crippen LogP contribution in [0.15, 0.2) is 31.0 Å². The number of aliphatic carboxylic acids is 1. The summed E-state index contributed by atoms with van der Waals surface area (Å²) in [7, 11) is 0.